The first-order valence-corrected chi connectivity index (χ1v) is 10.3. The number of amides is 1. The highest BCUT2D eigenvalue weighted by Crippen LogP contribution is 2.29. The molecule has 0 radical (unpaired) electrons. The lowest BCUT2D eigenvalue weighted by atomic mass is 9.99. The van der Waals surface area contributed by atoms with E-state index in [1.807, 2.05) is 20.8 Å². The lowest BCUT2D eigenvalue weighted by Gasteiger charge is -2.25. The number of ether oxygens (including phenoxy) is 2. The van der Waals surface area contributed by atoms with Crippen molar-refractivity contribution in [1.29, 1.82) is 0 Å². The summed E-state index contributed by atoms with van der Waals surface area (Å²) >= 11 is 0. The topological polar surface area (TPSA) is 105 Å². The number of ketones is 1. The van der Waals surface area contributed by atoms with Crippen LogP contribution in [0.5, 0.6) is 11.5 Å². The number of benzene rings is 1. The fourth-order valence-corrected chi connectivity index (χ4v) is 2.62. The first kappa shape index (κ1) is 24.5. The van der Waals surface area contributed by atoms with Crippen molar-refractivity contribution in [3.8, 4) is 11.5 Å². The van der Waals surface area contributed by atoms with Gasteiger partial charge in [0, 0.05) is 18.4 Å². The Kier molecular flexibility index (Phi) is 10.8. The molecule has 0 aromatic heterocycles. The molecule has 0 unspecified atom stereocenters. The number of carboxylic acids is 1. The van der Waals surface area contributed by atoms with Crippen LogP contribution in [0, 0.1) is 5.92 Å². The second-order valence-corrected chi connectivity index (χ2v) is 7.03. The monoisotopic (exact) mass is 406 g/mol. The fraction of sp³-hybridized carbons (Fsp3) is 0.591. The third-order valence-corrected chi connectivity index (χ3v) is 4.55. The average molecular weight is 406 g/mol. The van der Waals surface area contributed by atoms with Gasteiger partial charge in [0.15, 0.2) is 17.3 Å². The van der Waals surface area contributed by atoms with Gasteiger partial charge in [-0.25, -0.2) is 0 Å². The number of carbonyl (C=O) groups excluding carboxylic acids is 3. The Morgan fingerprint density at radius 3 is 2.17 bits per heavy atom. The van der Waals surface area contributed by atoms with Gasteiger partial charge in [-0.1, -0.05) is 34.1 Å². The second-order valence-electron chi connectivity index (χ2n) is 7.03. The van der Waals surface area contributed by atoms with E-state index in [0.717, 1.165) is 12.8 Å². The maximum absolute atomic E-state index is 12.5. The molecule has 7 heteroatoms. The van der Waals surface area contributed by atoms with E-state index in [2.05, 4.69) is 5.32 Å². The molecule has 2 atom stereocenters. The molecule has 1 N–H and O–H groups in total. The Morgan fingerprint density at radius 2 is 1.62 bits per heavy atom. The van der Waals surface area contributed by atoms with E-state index in [4.69, 9.17) is 9.47 Å². The molecule has 0 bridgehead atoms. The molecule has 1 amide bonds. The molecular formula is C22H32NO6-. The number of hydrogen-bond donors (Lipinski definition) is 1. The van der Waals surface area contributed by atoms with E-state index in [-0.39, 0.29) is 24.5 Å². The van der Waals surface area contributed by atoms with Gasteiger partial charge in [0.2, 0.25) is 5.91 Å². The van der Waals surface area contributed by atoms with Gasteiger partial charge < -0.3 is 24.7 Å². The number of carbonyl (C=O) groups is 3. The van der Waals surface area contributed by atoms with E-state index in [1.165, 1.54) is 0 Å². The highest BCUT2D eigenvalue weighted by atomic mass is 16.5. The number of hydrogen-bond acceptors (Lipinski definition) is 6. The molecule has 0 aliphatic rings. The summed E-state index contributed by atoms with van der Waals surface area (Å²) in [6, 6.07) is 3.91. The van der Waals surface area contributed by atoms with Gasteiger partial charge in [-0.3, -0.25) is 9.59 Å². The Labute approximate surface area is 172 Å². The lowest BCUT2D eigenvalue weighted by molar-refractivity contribution is -0.309. The molecular weight excluding hydrogens is 374 g/mol. The van der Waals surface area contributed by atoms with Gasteiger partial charge in [0.25, 0.3) is 0 Å². The predicted molar refractivity (Wildman–Crippen MR) is 108 cm³/mol. The van der Waals surface area contributed by atoms with Gasteiger partial charge in [-0.05, 0) is 37.0 Å². The van der Waals surface area contributed by atoms with E-state index in [1.54, 1.807) is 25.1 Å². The van der Waals surface area contributed by atoms with Crippen LogP contribution in [0.4, 0.5) is 0 Å². The minimum atomic E-state index is -1.32. The zero-order valence-corrected chi connectivity index (χ0v) is 17.8. The van der Waals surface area contributed by atoms with Crippen molar-refractivity contribution < 1.29 is 29.0 Å². The summed E-state index contributed by atoms with van der Waals surface area (Å²) in [4.78, 5) is 35.8. The summed E-state index contributed by atoms with van der Waals surface area (Å²) in [5.41, 5.74) is 0.422. The maximum atomic E-state index is 12.5. The zero-order chi connectivity index (χ0) is 21.8. The van der Waals surface area contributed by atoms with Crippen molar-refractivity contribution in [2.75, 3.05) is 13.2 Å². The van der Waals surface area contributed by atoms with Gasteiger partial charge in [0.1, 0.15) is 0 Å². The molecule has 1 aromatic rings. The zero-order valence-electron chi connectivity index (χ0n) is 17.8. The lowest BCUT2D eigenvalue weighted by Crippen LogP contribution is -2.51. The minimum Gasteiger partial charge on any atom is -0.548 e. The predicted octanol–water partition coefficient (Wildman–Crippen LogP) is 2.51. The molecule has 0 saturated carbocycles. The Morgan fingerprint density at radius 1 is 1.00 bits per heavy atom. The molecule has 162 valence electrons. The molecule has 0 aliphatic carbocycles. The molecule has 0 spiro atoms. The van der Waals surface area contributed by atoms with Crippen LogP contribution in [0.15, 0.2) is 18.2 Å². The number of nitrogens with one attached hydrogen (secondary N) is 1. The van der Waals surface area contributed by atoms with Crippen LogP contribution in [0.1, 0.15) is 70.2 Å². The van der Waals surface area contributed by atoms with E-state index in [0.29, 0.717) is 36.7 Å². The normalized spacial score (nSPS) is 12.7. The number of rotatable bonds is 14. The SMILES string of the molecule is CCCOc1ccc(C(=O)CCC(=O)N[C@@H](C(=O)[O-])[C@@H](C)CC)cc1OCCC. The van der Waals surface area contributed by atoms with Crippen molar-refractivity contribution in [2.45, 2.75) is 65.8 Å². The Hall–Kier alpha value is -2.57. The van der Waals surface area contributed by atoms with E-state index < -0.39 is 17.9 Å². The van der Waals surface area contributed by atoms with Crippen LogP contribution < -0.4 is 19.9 Å². The van der Waals surface area contributed by atoms with Crippen LogP contribution >= 0.6 is 0 Å². The van der Waals surface area contributed by atoms with Crippen molar-refractivity contribution in [1.82, 2.24) is 5.32 Å². The molecule has 0 heterocycles. The average Bonchev–Trinajstić information content (AvgIpc) is 2.72. The van der Waals surface area contributed by atoms with Gasteiger partial charge in [0.05, 0.1) is 25.2 Å². The molecule has 7 nitrogen and oxygen atoms in total. The summed E-state index contributed by atoms with van der Waals surface area (Å²) in [5, 5.41) is 13.7. The Bertz CT molecular complexity index is 688. The summed E-state index contributed by atoms with van der Waals surface area (Å²) < 4.78 is 11.3. The van der Waals surface area contributed by atoms with Crippen LogP contribution in [-0.4, -0.2) is 36.9 Å². The summed E-state index contributed by atoms with van der Waals surface area (Å²) in [6.07, 6.45) is 2.13. The molecule has 1 rings (SSSR count). The fourth-order valence-electron chi connectivity index (χ4n) is 2.62. The van der Waals surface area contributed by atoms with Crippen LogP contribution in [0.2, 0.25) is 0 Å². The van der Waals surface area contributed by atoms with Crippen molar-refractivity contribution in [2.24, 2.45) is 5.92 Å². The highest BCUT2D eigenvalue weighted by molar-refractivity contribution is 5.98. The largest absolute Gasteiger partial charge is 0.548 e. The van der Waals surface area contributed by atoms with Crippen molar-refractivity contribution in [3.63, 3.8) is 0 Å². The summed E-state index contributed by atoms with van der Waals surface area (Å²) in [6.45, 7) is 8.60. The number of aliphatic carboxylic acids is 1. The highest BCUT2D eigenvalue weighted by Gasteiger charge is 2.20. The molecule has 1 aromatic carbocycles. The quantitative estimate of drug-likeness (QED) is 0.476. The minimum absolute atomic E-state index is 0.0332. The van der Waals surface area contributed by atoms with Crippen molar-refractivity contribution in [3.05, 3.63) is 23.8 Å². The molecule has 0 saturated heterocycles. The smallest absolute Gasteiger partial charge is 0.220 e. The summed E-state index contributed by atoms with van der Waals surface area (Å²) in [7, 11) is 0. The number of carboxylic acid groups (broad SMARTS) is 1. The first-order valence-electron chi connectivity index (χ1n) is 10.3. The van der Waals surface area contributed by atoms with Gasteiger partial charge in [-0.2, -0.15) is 0 Å². The van der Waals surface area contributed by atoms with Crippen LogP contribution in [0.25, 0.3) is 0 Å². The molecule has 0 fully saturated rings. The number of Topliss-reactive ketones (excluding diaryl/α,β-unsaturated/α-hetero) is 1. The van der Waals surface area contributed by atoms with Crippen LogP contribution in [0.3, 0.4) is 0 Å². The second kappa shape index (κ2) is 12.8. The van der Waals surface area contributed by atoms with Crippen molar-refractivity contribution >= 4 is 17.7 Å². The van der Waals surface area contributed by atoms with E-state index in [9.17, 15) is 19.5 Å². The first-order chi connectivity index (χ1) is 13.8. The molecule has 0 aliphatic heterocycles. The van der Waals surface area contributed by atoms with Gasteiger partial charge in [-0.15, -0.1) is 0 Å². The maximum Gasteiger partial charge on any atom is 0.220 e. The summed E-state index contributed by atoms with van der Waals surface area (Å²) in [5.74, 6) is -1.20. The van der Waals surface area contributed by atoms with E-state index >= 15 is 0 Å². The van der Waals surface area contributed by atoms with Crippen LogP contribution in [-0.2, 0) is 9.59 Å². The van der Waals surface area contributed by atoms with Gasteiger partial charge >= 0.3 is 0 Å². The third-order valence-electron chi connectivity index (χ3n) is 4.55. The third kappa shape index (κ3) is 8.13. The molecule has 29 heavy (non-hydrogen) atoms. The Balaban J connectivity index is 2.75. The standard InChI is InChI=1S/C22H33NO6/c1-5-12-28-18-10-8-16(14-19(18)29-13-6-2)17(24)9-11-20(25)23-21(22(26)27)15(4)7-3/h8,10,14-15,21H,5-7,9,11-13H2,1-4H3,(H,23,25)(H,26,27)/p-1/t15-,21+/m0/s1.